The van der Waals surface area contributed by atoms with Crippen LogP contribution in [-0.2, 0) is 22.7 Å². The molecule has 6 aromatic rings. The fourth-order valence-corrected chi connectivity index (χ4v) is 6.17. The molecule has 6 rings (SSSR count). The van der Waals surface area contributed by atoms with Crippen LogP contribution >= 0.6 is 0 Å². The van der Waals surface area contributed by atoms with Crippen molar-refractivity contribution in [2.75, 3.05) is 17.2 Å². The third-order valence-corrected chi connectivity index (χ3v) is 9.69. The van der Waals surface area contributed by atoms with Crippen LogP contribution in [0.2, 0.25) is 25.7 Å². The smallest absolute Gasteiger partial charge is 0.276 e. The monoisotopic (exact) mass is 642 g/mol. The SMILES string of the molecule is C[Si](C)(C)CCOCn1nc(C(=O)Nc2ccncc2)c2cc(-c3cncc4c(NC(=O)CCc5ccccc5)cccc34)ccc21. The highest BCUT2D eigenvalue weighted by molar-refractivity contribution is 6.76. The first-order chi connectivity index (χ1) is 22.7. The number of pyridine rings is 2. The Kier molecular flexibility index (Phi) is 9.51. The Morgan fingerprint density at radius 2 is 1.64 bits per heavy atom. The molecule has 238 valence electrons. The first-order valence-corrected chi connectivity index (χ1v) is 19.5. The fraction of sp³-hybridized carbons (Fsp3) is 0.216. The number of aromatic nitrogens is 4. The molecule has 2 N–H and O–H groups in total. The molecular weight excluding hydrogens is 605 g/mol. The number of nitrogens with zero attached hydrogens (tertiary/aromatic N) is 4. The Morgan fingerprint density at radius 1 is 0.830 bits per heavy atom. The van der Waals surface area contributed by atoms with Crippen molar-refractivity contribution in [3.05, 3.63) is 115 Å². The van der Waals surface area contributed by atoms with E-state index in [2.05, 4.69) is 40.2 Å². The van der Waals surface area contributed by atoms with Gasteiger partial charge >= 0.3 is 0 Å². The summed E-state index contributed by atoms with van der Waals surface area (Å²) in [5.74, 6) is -0.381. The number of amides is 2. The molecule has 9 nitrogen and oxygen atoms in total. The molecule has 0 aliphatic heterocycles. The number of nitrogens with one attached hydrogen (secondary N) is 2. The third kappa shape index (κ3) is 7.79. The van der Waals surface area contributed by atoms with Crippen molar-refractivity contribution in [1.29, 1.82) is 0 Å². The maximum Gasteiger partial charge on any atom is 0.276 e. The van der Waals surface area contributed by atoms with E-state index in [1.807, 2.05) is 72.9 Å². The van der Waals surface area contributed by atoms with Crippen molar-refractivity contribution < 1.29 is 14.3 Å². The molecule has 0 unspecified atom stereocenters. The summed E-state index contributed by atoms with van der Waals surface area (Å²) in [6.45, 7) is 7.82. The minimum absolute atomic E-state index is 0.0579. The van der Waals surface area contributed by atoms with Gasteiger partial charge in [0.25, 0.3) is 5.91 Å². The predicted molar refractivity (Wildman–Crippen MR) is 190 cm³/mol. The summed E-state index contributed by atoms with van der Waals surface area (Å²) in [6.07, 6.45) is 7.88. The van der Waals surface area contributed by atoms with Gasteiger partial charge in [0.1, 0.15) is 6.73 Å². The number of rotatable bonds is 12. The maximum atomic E-state index is 13.6. The molecule has 0 aliphatic carbocycles. The highest BCUT2D eigenvalue weighted by atomic mass is 28.3. The summed E-state index contributed by atoms with van der Waals surface area (Å²) in [4.78, 5) is 35.1. The van der Waals surface area contributed by atoms with Crippen molar-refractivity contribution in [3.8, 4) is 11.1 Å². The van der Waals surface area contributed by atoms with Gasteiger partial charge in [-0.2, -0.15) is 5.10 Å². The van der Waals surface area contributed by atoms with Crippen molar-refractivity contribution >= 4 is 52.9 Å². The lowest BCUT2D eigenvalue weighted by Crippen LogP contribution is -2.22. The first kappa shape index (κ1) is 31.8. The zero-order chi connectivity index (χ0) is 32.8. The number of anilines is 2. The van der Waals surface area contributed by atoms with Crippen LogP contribution in [-0.4, -0.2) is 46.2 Å². The fourth-order valence-electron chi connectivity index (χ4n) is 5.42. The molecule has 0 saturated heterocycles. The van der Waals surface area contributed by atoms with E-state index in [9.17, 15) is 9.59 Å². The topological polar surface area (TPSA) is 111 Å². The van der Waals surface area contributed by atoms with Gasteiger partial charge in [-0.25, -0.2) is 4.68 Å². The molecule has 10 heteroatoms. The Bertz CT molecular complexity index is 2020. The number of carbonyl (C=O) groups is 2. The Hall–Kier alpha value is -5.19. The van der Waals surface area contributed by atoms with E-state index in [4.69, 9.17) is 9.84 Å². The van der Waals surface area contributed by atoms with E-state index in [0.29, 0.717) is 41.9 Å². The standard InChI is InChI=1S/C37H38N6O3Si/c1-47(2,3)21-20-46-25-43-34-14-13-27(22-30(34)36(42-43)37(45)40-28-16-18-38-19-17-28)31-23-39-24-32-29(31)10-7-11-33(32)41-35(44)15-12-26-8-5-4-6-9-26/h4-11,13-14,16-19,22-24H,12,15,20-21,25H2,1-3H3,(H,41,44)(H,38,40,45). The normalized spacial score (nSPS) is 11.6. The van der Waals surface area contributed by atoms with Crippen LogP contribution in [0, 0.1) is 0 Å². The molecular formula is C37H38N6O3Si. The number of ether oxygens (including phenoxy) is 1. The molecule has 0 aliphatic rings. The van der Waals surface area contributed by atoms with E-state index < -0.39 is 8.07 Å². The van der Waals surface area contributed by atoms with Gasteiger partial charge < -0.3 is 15.4 Å². The Morgan fingerprint density at radius 3 is 2.43 bits per heavy atom. The third-order valence-electron chi connectivity index (χ3n) is 7.99. The van der Waals surface area contributed by atoms with E-state index in [1.54, 1.807) is 35.4 Å². The molecule has 3 aromatic carbocycles. The second-order valence-corrected chi connectivity index (χ2v) is 18.4. The van der Waals surface area contributed by atoms with Crippen molar-refractivity contribution in [3.63, 3.8) is 0 Å². The van der Waals surface area contributed by atoms with Crippen LogP contribution in [0.25, 0.3) is 32.8 Å². The lowest BCUT2D eigenvalue weighted by Gasteiger charge is -2.15. The second kappa shape index (κ2) is 14.1. The largest absolute Gasteiger partial charge is 0.360 e. The number of hydrogen-bond donors (Lipinski definition) is 2. The number of fused-ring (bicyclic) bond motifs is 2. The molecule has 2 amide bonds. The van der Waals surface area contributed by atoms with Gasteiger partial charge in [0, 0.05) is 67.9 Å². The van der Waals surface area contributed by atoms with E-state index in [-0.39, 0.29) is 18.5 Å². The minimum atomic E-state index is -1.26. The van der Waals surface area contributed by atoms with Crippen LogP contribution in [0.15, 0.2) is 104 Å². The highest BCUT2D eigenvalue weighted by Crippen LogP contribution is 2.34. The van der Waals surface area contributed by atoms with Gasteiger partial charge in [-0.05, 0) is 59.3 Å². The first-order valence-electron chi connectivity index (χ1n) is 15.8. The van der Waals surface area contributed by atoms with Crippen LogP contribution in [0.4, 0.5) is 11.4 Å². The summed E-state index contributed by atoms with van der Waals surface area (Å²) >= 11 is 0. The summed E-state index contributed by atoms with van der Waals surface area (Å²) < 4.78 is 7.77. The van der Waals surface area contributed by atoms with Gasteiger partial charge in [0.15, 0.2) is 5.69 Å². The Balaban J connectivity index is 1.31. The van der Waals surface area contributed by atoms with Gasteiger partial charge in [-0.15, -0.1) is 0 Å². The van der Waals surface area contributed by atoms with Gasteiger partial charge in [-0.1, -0.05) is 68.2 Å². The summed E-state index contributed by atoms with van der Waals surface area (Å²) in [6, 6.07) is 26.3. The van der Waals surface area contributed by atoms with Crippen LogP contribution in [0.1, 0.15) is 22.5 Å². The van der Waals surface area contributed by atoms with E-state index in [0.717, 1.165) is 39.0 Å². The van der Waals surface area contributed by atoms with Crippen molar-refractivity contribution in [2.24, 2.45) is 0 Å². The summed E-state index contributed by atoms with van der Waals surface area (Å²) in [5.41, 5.74) is 5.30. The molecule has 0 fully saturated rings. The molecule has 0 radical (unpaired) electrons. The minimum Gasteiger partial charge on any atom is -0.360 e. The van der Waals surface area contributed by atoms with Crippen molar-refractivity contribution in [1.82, 2.24) is 19.7 Å². The van der Waals surface area contributed by atoms with Crippen molar-refractivity contribution in [2.45, 2.75) is 45.3 Å². The molecule has 0 saturated carbocycles. The summed E-state index contributed by atoms with van der Waals surface area (Å²) in [5, 5.41) is 13.2. The number of benzene rings is 3. The van der Waals surface area contributed by atoms with Gasteiger partial charge in [0.2, 0.25) is 5.91 Å². The summed E-state index contributed by atoms with van der Waals surface area (Å²) in [7, 11) is -1.26. The lowest BCUT2D eigenvalue weighted by molar-refractivity contribution is -0.116. The highest BCUT2D eigenvalue weighted by Gasteiger charge is 2.20. The van der Waals surface area contributed by atoms with Gasteiger partial charge in [0.05, 0.1) is 11.2 Å². The van der Waals surface area contributed by atoms with E-state index in [1.165, 1.54) is 0 Å². The second-order valence-electron chi connectivity index (χ2n) is 12.7. The molecule has 0 spiro atoms. The molecule has 47 heavy (non-hydrogen) atoms. The zero-order valence-corrected chi connectivity index (χ0v) is 27.9. The maximum absolute atomic E-state index is 13.6. The zero-order valence-electron chi connectivity index (χ0n) is 26.9. The lowest BCUT2D eigenvalue weighted by atomic mass is 9.98. The Labute approximate surface area is 275 Å². The van der Waals surface area contributed by atoms with Gasteiger partial charge in [-0.3, -0.25) is 19.6 Å². The molecule has 0 bridgehead atoms. The molecule has 3 aromatic heterocycles. The van der Waals surface area contributed by atoms with Crippen LogP contribution < -0.4 is 10.6 Å². The number of hydrogen-bond acceptors (Lipinski definition) is 6. The molecule has 3 heterocycles. The molecule has 0 atom stereocenters. The quantitative estimate of drug-likeness (QED) is 0.104. The van der Waals surface area contributed by atoms with E-state index >= 15 is 0 Å². The predicted octanol–water partition coefficient (Wildman–Crippen LogP) is 7.78. The van der Waals surface area contributed by atoms with Crippen LogP contribution in [0.3, 0.4) is 0 Å². The average molecular weight is 643 g/mol. The number of carbonyl (C=O) groups excluding carboxylic acids is 2. The number of aryl methyl sites for hydroxylation is 1. The van der Waals surface area contributed by atoms with Crippen LogP contribution in [0.5, 0.6) is 0 Å². The average Bonchev–Trinajstić information content (AvgIpc) is 3.44.